The van der Waals surface area contributed by atoms with Gasteiger partial charge in [-0.3, -0.25) is 5.43 Å². The average molecular weight is 266 g/mol. The van der Waals surface area contributed by atoms with Gasteiger partial charge in [0.2, 0.25) is 5.13 Å². The number of anilines is 1. The van der Waals surface area contributed by atoms with Crippen LogP contribution in [0.5, 0.6) is 0 Å². The van der Waals surface area contributed by atoms with Crippen LogP contribution in [0.25, 0.3) is 11.3 Å². The van der Waals surface area contributed by atoms with Crippen LogP contribution in [0.3, 0.4) is 0 Å². The van der Waals surface area contributed by atoms with Crippen LogP contribution in [0.15, 0.2) is 34.7 Å². The maximum Gasteiger partial charge on any atom is 0.203 e. The summed E-state index contributed by atoms with van der Waals surface area (Å²) < 4.78 is 0. The first kappa shape index (κ1) is 12.1. The molecule has 1 N–H and O–H groups in total. The lowest BCUT2D eigenvalue weighted by molar-refractivity contribution is 1.27. The van der Waals surface area contributed by atoms with E-state index in [1.807, 2.05) is 43.5 Å². The summed E-state index contributed by atoms with van der Waals surface area (Å²) in [4.78, 5) is 4.44. The van der Waals surface area contributed by atoms with E-state index in [9.17, 15) is 0 Å². The molecule has 0 aliphatic carbocycles. The maximum absolute atomic E-state index is 5.84. The van der Waals surface area contributed by atoms with E-state index < -0.39 is 0 Å². The molecule has 0 atom stereocenters. The Bertz CT molecular complexity index is 527. The van der Waals surface area contributed by atoms with E-state index in [0.717, 1.165) is 27.1 Å². The molecule has 0 radical (unpaired) electrons. The summed E-state index contributed by atoms with van der Waals surface area (Å²) in [6.07, 6.45) is 0. The van der Waals surface area contributed by atoms with E-state index in [4.69, 9.17) is 11.6 Å². The number of rotatable bonds is 3. The number of hydrogen-bond acceptors (Lipinski definition) is 4. The van der Waals surface area contributed by atoms with Gasteiger partial charge in [0.15, 0.2) is 0 Å². The molecule has 1 aromatic carbocycles. The number of halogens is 1. The zero-order valence-corrected chi connectivity index (χ0v) is 11.1. The van der Waals surface area contributed by atoms with Gasteiger partial charge in [-0.25, -0.2) is 4.98 Å². The molecule has 0 aliphatic rings. The van der Waals surface area contributed by atoms with Crippen molar-refractivity contribution < 1.29 is 0 Å². The third kappa shape index (κ3) is 3.28. The largest absolute Gasteiger partial charge is 0.253 e. The van der Waals surface area contributed by atoms with E-state index >= 15 is 0 Å². The van der Waals surface area contributed by atoms with Crippen LogP contribution >= 0.6 is 22.9 Å². The van der Waals surface area contributed by atoms with Gasteiger partial charge in [-0.15, -0.1) is 11.3 Å². The van der Waals surface area contributed by atoms with Crippen LogP contribution in [-0.2, 0) is 0 Å². The van der Waals surface area contributed by atoms with Gasteiger partial charge in [-0.2, -0.15) is 5.10 Å². The van der Waals surface area contributed by atoms with Gasteiger partial charge in [-0.05, 0) is 26.0 Å². The molecule has 1 heterocycles. The van der Waals surface area contributed by atoms with Gasteiger partial charge in [0.25, 0.3) is 0 Å². The molecule has 5 heteroatoms. The summed E-state index contributed by atoms with van der Waals surface area (Å²) in [6.45, 7) is 3.86. The minimum absolute atomic E-state index is 0.730. The molecular formula is C12H12ClN3S. The van der Waals surface area contributed by atoms with Crippen LogP contribution in [0.1, 0.15) is 13.8 Å². The molecular weight excluding hydrogens is 254 g/mol. The van der Waals surface area contributed by atoms with Gasteiger partial charge >= 0.3 is 0 Å². The standard InChI is InChI=1S/C12H12ClN3S/c1-8(2)15-16-12-14-11(7-17-12)9-3-5-10(13)6-4-9/h3-7H,1-2H3,(H,14,16). The summed E-state index contributed by atoms with van der Waals surface area (Å²) in [5, 5.41) is 7.62. The molecule has 0 spiro atoms. The van der Waals surface area contributed by atoms with Crippen molar-refractivity contribution >= 4 is 33.8 Å². The quantitative estimate of drug-likeness (QED) is 0.665. The van der Waals surface area contributed by atoms with Gasteiger partial charge in [-0.1, -0.05) is 23.7 Å². The van der Waals surface area contributed by atoms with E-state index in [0.29, 0.717) is 0 Å². The molecule has 0 aliphatic heterocycles. The molecule has 2 aromatic rings. The van der Waals surface area contributed by atoms with Crippen LogP contribution in [-0.4, -0.2) is 10.7 Å². The first-order chi connectivity index (χ1) is 8.15. The highest BCUT2D eigenvalue weighted by Crippen LogP contribution is 2.25. The molecule has 17 heavy (non-hydrogen) atoms. The molecule has 0 bridgehead atoms. The van der Waals surface area contributed by atoms with Gasteiger partial charge in [0.05, 0.1) is 5.69 Å². The van der Waals surface area contributed by atoms with Crippen LogP contribution < -0.4 is 5.43 Å². The van der Waals surface area contributed by atoms with Gasteiger partial charge < -0.3 is 0 Å². The first-order valence-electron chi connectivity index (χ1n) is 5.13. The lowest BCUT2D eigenvalue weighted by atomic mass is 10.2. The number of nitrogens with one attached hydrogen (secondary N) is 1. The Morgan fingerprint density at radius 1 is 1.29 bits per heavy atom. The SMILES string of the molecule is CC(C)=NNc1nc(-c2ccc(Cl)cc2)cs1. The second-order valence-electron chi connectivity index (χ2n) is 3.72. The summed E-state index contributed by atoms with van der Waals surface area (Å²) in [6, 6.07) is 7.63. The summed E-state index contributed by atoms with van der Waals surface area (Å²) in [5.41, 5.74) is 5.86. The van der Waals surface area contributed by atoms with Crippen LogP contribution in [0.4, 0.5) is 5.13 Å². The monoisotopic (exact) mass is 265 g/mol. The number of benzene rings is 1. The zero-order chi connectivity index (χ0) is 12.3. The second-order valence-corrected chi connectivity index (χ2v) is 5.01. The molecule has 0 saturated heterocycles. The fourth-order valence-corrected chi connectivity index (χ4v) is 2.03. The smallest absolute Gasteiger partial charge is 0.203 e. The Morgan fingerprint density at radius 3 is 2.65 bits per heavy atom. The molecule has 0 saturated carbocycles. The van der Waals surface area contributed by atoms with Crippen molar-refractivity contribution in [3.63, 3.8) is 0 Å². The van der Waals surface area contributed by atoms with Crippen molar-refractivity contribution in [2.45, 2.75) is 13.8 Å². The Hall–Kier alpha value is -1.39. The Labute approximate surface area is 109 Å². The van der Waals surface area contributed by atoms with E-state index in [2.05, 4.69) is 15.5 Å². The molecule has 0 unspecified atom stereocenters. The molecule has 88 valence electrons. The predicted octanol–water partition coefficient (Wildman–Crippen LogP) is 4.27. The van der Waals surface area contributed by atoms with Crippen molar-refractivity contribution in [1.29, 1.82) is 0 Å². The normalized spacial score (nSPS) is 10.1. The molecule has 1 aromatic heterocycles. The Morgan fingerprint density at radius 2 is 2.00 bits per heavy atom. The lowest BCUT2D eigenvalue weighted by Crippen LogP contribution is -1.92. The predicted molar refractivity (Wildman–Crippen MR) is 75.0 cm³/mol. The van der Waals surface area contributed by atoms with Crippen molar-refractivity contribution in [1.82, 2.24) is 4.98 Å². The van der Waals surface area contributed by atoms with E-state index in [1.54, 1.807) is 0 Å². The van der Waals surface area contributed by atoms with Crippen molar-refractivity contribution in [3.8, 4) is 11.3 Å². The summed E-state index contributed by atoms with van der Waals surface area (Å²) >= 11 is 7.37. The average Bonchev–Trinajstić information content (AvgIpc) is 2.76. The lowest BCUT2D eigenvalue weighted by Gasteiger charge is -1.96. The van der Waals surface area contributed by atoms with Gasteiger partial charge in [0, 0.05) is 21.7 Å². The number of hydrazone groups is 1. The third-order valence-electron chi connectivity index (χ3n) is 2.02. The Balaban J connectivity index is 2.18. The molecule has 0 fully saturated rings. The number of nitrogens with zero attached hydrogens (tertiary/aromatic N) is 2. The fraction of sp³-hybridized carbons (Fsp3) is 0.167. The molecule has 2 rings (SSSR count). The second kappa shape index (κ2) is 5.29. The third-order valence-corrected chi connectivity index (χ3v) is 3.02. The highest BCUT2D eigenvalue weighted by atomic mass is 35.5. The van der Waals surface area contributed by atoms with E-state index in [-0.39, 0.29) is 0 Å². The van der Waals surface area contributed by atoms with Crippen LogP contribution in [0.2, 0.25) is 5.02 Å². The van der Waals surface area contributed by atoms with Crippen molar-refractivity contribution in [2.24, 2.45) is 5.10 Å². The minimum Gasteiger partial charge on any atom is -0.253 e. The minimum atomic E-state index is 0.730. The zero-order valence-electron chi connectivity index (χ0n) is 9.57. The fourth-order valence-electron chi connectivity index (χ4n) is 1.24. The topological polar surface area (TPSA) is 37.3 Å². The number of hydrogen-bond donors (Lipinski definition) is 1. The Kier molecular flexibility index (Phi) is 3.76. The number of thiazole rings is 1. The van der Waals surface area contributed by atoms with Gasteiger partial charge in [0.1, 0.15) is 0 Å². The molecule has 3 nitrogen and oxygen atoms in total. The van der Waals surface area contributed by atoms with E-state index in [1.165, 1.54) is 11.3 Å². The van der Waals surface area contributed by atoms with Crippen molar-refractivity contribution in [2.75, 3.05) is 5.43 Å². The first-order valence-corrected chi connectivity index (χ1v) is 6.39. The highest BCUT2D eigenvalue weighted by Gasteiger charge is 2.03. The maximum atomic E-state index is 5.84. The summed E-state index contributed by atoms with van der Waals surface area (Å²) in [5.74, 6) is 0. The molecule has 0 amide bonds. The number of aromatic nitrogens is 1. The summed E-state index contributed by atoms with van der Waals surface area (Å²) in [7, 11) is 0. The van der Waals surface area contributed by atoms with Crippen LogP contribution in [0, 0.1) is 0 Å². The highest BCUT2D eigenvalue weighted by molar-refractivity contribution is 7.14. The van der Waals surface area contributed by atoms with Crippen molar-refractivity contribution in [3.05, 3.63) is 34.7 Å².